The molecule has 0 spiro atoms. The highest BCUT2D eigenvalue weighted by molar-refractivity contribution is 5.85. The lowest BCUT2D eigenvalue weighted by Crippen LogP contribution is -2.37. The van der Waals surface area contributed by atoms with Crippen LogP contribution in [-0.4, -0.2) is 34.4 Å². The van der Waals surface area contributed by atoms with Crippen molar-refractivity contribution in [3.8, 4) is 17.2 Å². The number of benzene rings is 1. The molecule has 2 N–H and O–H groups in total. The van der Waals surface area contributed by atoms with E-state index in [0.29, 0.717) is 22.8 Å². The molecule has 1 atom stereocenters. The SMILES string of the molecule is COC(=O)C(C)(C)[C@H](N)c1cc(OC)c(OC)cc1OC.Cl. The molecule has 0 aliphatic rings. The molecule has 0 aromatic heterocycles. The highest BCUT2D eigenvalue weighted by Gasteiger charge is 2.38. The van der Waals surface area contributed by atoms with Gasteiger partial charge >= 0.3 is 5.97 Å². The second kappa shape index (κ2) is 8.10. The first kappa shape index (κ1) is 20.3. The number of esters is 1. The summed E-state index contributed by atoms with van der Waals surface area (Å²) in [4.78, 5) is 11.9. The Kier molecular flexibility index (Phi) is 7.49. The number of methoxy groups -OCH3 is 4. The fraction of sp³-hybridized carbons (Fsp3) is 0.533. The Balaban J connectivity index is 0.00000441. The van der Waals surface area contributed by atoms with Crippen molar-refractivity contribution in [3.05, 3.63) is 17.7 Å². The van der Waals surface area contributed by atoms with Crippen LogP contribution in [-0.2, 0) is 9.53 Å². The molecular formula is C15H24ClNO5. The van der Waals surface area contributed by atoms with E-state index in [2.05, 4.69) is 0 Å². The van der Waals surface area contributed by atoms with E-state index >= 15 is 0 Å². The Morgan fingerprint density at radius 1 is 1.00 bits per heavy atom. The number of carbonyl (C=O) groups excluding carboxylic acids is 1. The Morgan fingerprint density at radius 2 is 1.45 bits per heavy atom. The summed E-state index contributed by atoms with van der Waals surface area (Å²) in [7, 11) is 5.94. The summed E-state index contributed by atoms with van der Waals surface area (Å²) in [5.74, 6) is 1.18. The van der Waals surface area contributed by atoms with Crippen LogP contribution in [0.2, 0.25) is 0 Å². The van der Waals surface area contributed by atoms with Gasteiger partial charge in [0.05, 0.1) is 33.9 Å². The number of hydrogen-bond donors (Lipinski definition) is 1. The fourth-order valence-electron chi connectivity index (χ4n) is 2.07. The van der Waals surface area contributed by atoms with Crippen LogP contribution in [0.3, 0.4) is 0 Å². The zero-order valence-electron chi connectivity index (χ0n) is 13.8. The molecule has 1 aromatic carbocycles. The minimum atomic E-state index is -0.915. The van der Waals surface area contributed by atoms with Crippen molar-refractivity contribution in [1.82, 2.24) is 0 Å². The first-order valence-corrected chi connectivity index (χ1v) is 6.47. The van der Waals surface area contributed by atoms with Gasteiger partial charge in [0, 0.05) is 17.7 Å². The van der Waals surface area contributed by atoms with Crippen LogP contribution < -0.4 is 19.9 Å². The molecule has 0 unspecified atom stereocenters. The van der Waals surface area contributed by atoms with Gasteiger partial charge in [-0.25, -0.2) is 0 Å². The lowest BCUT2D eigenvalue weighted by molar-refractivity contribution is -0.152. The molecule has 1 rings (SSSR count). The summed E-state index contributed by atoms with van der Waals surface area (Å²) in [6.07, 6.45) is 0. The third-order valence-electron chi connectivity index (χ3n) is 3.56. The van der Waals surface area contributed by atoms with Crippen molar-refractivity contribution in [2.24, 2.45) is 11.1 Å². The van der Waals surface area contributed by atoms with Gasteiger partial charge in [-0.2, -0.15) is 0 Å². The fourth-order valence-corrected chi connectivity index (χ4v) is 2.07. The molecule has 0 heterocycles. The lowest BCUT2D eigenvalue weighted by atomic mass is 9.80. The van der Waals surface area contributed by atoms with Crippen LogP contribution in [0, 0.1) is 5.41 Å². The highest BCUT2D eigenvalue weighted by atomic mass is 35.5. The molecule has 0 saturated heterocycles. The van der Waals surface area contributed by atoms with E-state index in [1.165, 1.54) is 28.4 Å². The number of ether oxygens (including phenoxy) is 4. The van der Waals surface area contributed by atoms with Crippen molar-refractivity contribution in [2.45, 2.75) is 19.9 Å². The molecule has 0 bridgehead atoms. The van der Waals surface area contributed by atoms with Crippen molar-refractivity contribution in [2.75, 3.05) is 28.4 Å². The van der Waals surface area contributed by atoms with E-state index in [9.17, 15) is 4.79 Å². The molecule has 0 fully saturated rings. The maximum absolute atomic E-state index is 11.9. The van der Waals surface area contributed by atoms with E-state index < -0.39 is 17.4 Å². The van der Waals surface area contributed by atoms with Gasteiger partial charge in [-0.1, -0.05) is 0 Å². The Morgan fingerprint density at radius 3 is 1.86 bits per heavy atom. The van der Waals surface area contributed by atoms with E-state index in [1.54, 1.807) is 26.0 Å². The summed E-state index contributed by atoms with van der Waals surface area (Å²) < 4.78 is 20.7. The Hall–Kier alpha value is -1.66. The molecule has 0 aliphatic heterocycles. The van der Waals surface area contributed by atoms with Crippen LogP contribution in [0.1, 0.15) is 25.5 Å². The molecular weight excluding hydrogens is 310 g/mol. The second-order valence-electron chi connectivity index (χ2n) is 5.14. The molecule has 6 nitrogen and oxygen atoms in total. The average molecular weight is 334 g/mol. The second-order valence-corrected chi connectivity index (χ2v) is 5.14. The molecule has 1 aromatic rings. The van der Waals surface area contributed by atoms with Gasteiger partial charge in [-0.15, -0.1) is 12.4 Å². The van der Waals surface area contributed by atoms with Gasteiger partial charge in [-0.3, -0.25) is 4.79 Å². The summed E-state index contributed by atoms with van der Waals surface area (Å²) in [5, 5.41) is 0. The van der Waals surface area contributed by atoms with Gasteiger partial charge in [0.1, 0.15) is 5.75 Å². The Labute approximate surface area is 137 Å². The van der Waals surface area contributed by atoms with Crippen molar-refractivity contribution < 1.29 is 23.7 Å². The van der Waals surface area contributed by atoms with E-state index in [0.717, 1.165) is 0 Å². The zero-order chi connectivity index (χ0) is 16.2. The quantitative estimate of drug-likeness (QED) is 0.805. The Bertz CT molecular complexity index is 519. The highest BCUT2D eigenvalue weighted by Crippen LogP contribution is 2.42. The minimum Gasteiger partial charge on any atom is -0.496 e. The normalized spacial score (nSPS) is 12.0. The molecule has 0 saturated carbocycles. The van der Waals surface area contributed by atoms with Gasteiger partial charge in [-0.05, 0) is 19.9 Å². The minimum absolute atomic E-state index is 0. The topological polar surface area (TPSA) is 80.0 Å². The maximum Gasteiger partial charge on any atom is 0.313 e. The molecule has 7 heteroatoms. The van der Waals surface area contributed by atoms with Gasteiger partial charge in [0.15, 0.2) is 11.5 Å². The van der Waals surface area contributed by atoms with Gasteiger partial charge < -0.3 is 24.7 Å². The van der Waals surface area contributed by atoms with E-state index in [4.69, 9.17) is 24.7 Å². The monoisotopic (exact) mass is 333 g/mol. The first-order chi connectivity index (χ1) is 9.83. The predicted molar refractivity (Wildman–Crippen MR) is 86.1 cm³/mol. The number of nitrogens with two attached hydrogens (primary N) is 1. The van der Waals surface area contributed by atoms with Gasteiger partial charge in [0.2, 0.25) is 0 Å². The third-order valence-corrected chi connectivity index (χ3v) is 3.56. The average Bonchev–Trinajstić information content (AvgIpc) is 2.51. The number of halogens is 1. The molecule has 0 amide bonds. The van der Waals surface area contributed by atoms with Crippen LogP contribution in [0.4, 0.5) is 0 Å². The molecule has 22 heavy (non-hydrogen) atoms. The van der Waals surface area contributed by atoms with Crippen molar-refractivity contribution in [1.29, 1.82) is 0 Å². The summed E-state index contributed by atoms with van der Waals surface area (Å²) in [5.41, 5.74) is 5.99. The third kappa shape index (κ3) is 3.75. The summed E-state index contributed by atoms with van der Waals surface area (Å²) >= 11 is 0. The zero-order valence-corrected chi connectivity index (χ0v) is 14.6. The largest absolute Gasteiger partial charge is 0.496 e. The first-order valence-electron chi connectivity index (χ1n) is 6.47. The standard InChI is InChI=1S/C15H23NO5.ClH/c1-15(2,14(17)21-6)13(16)9-7-11(19-4)12(20-5)8-10(9)18-3;/h7-8,13H,16H2,1-6H3;1H/t13-;/m1./s1. The van der Waals surface area contributed by atoms with Crippen LogP contribution >= 0.6 is 12.4 Å². The summed E-state index contributed by atoms with van der Waals surface area (Å²) in [6.45, 7) is 3.44. The van der Waals surface area contributed by atoms with Crippen LogP contribution in [0.25, 0.3) is 0 Å². The van der Waals surface area contributed by atoms with Gasteiger partial charge in [0.25, 0.3) is 0 Å². The summed E-state index contributed by atoms with van der Waals surface area (Å²) in [6, 6.07) is 2.77. The molecule has 0 aliphatic carbocycles. The van der Waals surface area contributed by atoms with Crippen molar-refractivity contribution in [3.63, 3.8) is 0 Å². The molecule has 126 valence electrons. The van der Waals surface area contributed by atoms with E-state index in [1.807, 2.05) is 0 Å². The van der Waals surface area contributed by atoms with Crippen LogP contribution in [0.5, 0.6) is 17.2 Å². The number of rotatable bonds is 6. The maximum atomic E-state index is 11.9. The molecule has 0 radical (unpaired) electrons. The van der Waals surface area contributed by atoms with Crippen LogP contribution in [0.15, 0.2) is 12.1 Å². The van der Waals surface area contributed by atoms with E-state index in [-0.39, 0.29) is 12.4 Å². The van der Waals surface area contributed by atoms with Crippen molar-refractivity contribution >= 4 is 18.4 Å². The lowest BCUT2D eigenvalue weighted by Gasteiger charge is -2.30. The number of carbonyl (C=O) groups is 1. The number of hydrogen-bond acceptors (Lipinski definition) is 6. The smallest absolute Gasteiger partial charge is 0.313 e. The predicted octanol–water partition coefficient (Wildman–Crippen LogP) is 2.33.